The van der Waals surface area contributed by atoms with Crippen molar-refractivity contribution >= 4 is 22.4 Å². The normalized spacial score (nSPS) is 15.2. The highest BCUT2D eigenvalue weighted by atomic mass is 32.1. The van der Waals surface area contributed by atoms with E-state index >= 15 is 0 Å². The fourth-order valence-electron chi connectivity index (χ4n) is 2.15. The van der Waals surface area contributed by atoms with Gasteiger partial charge in [0.15, 0.2) is 0 Å². The van der Waals surface area contributed by atoms with E-state index in [1.807, 2.05) is 0 Å². The molecule has 0 aliphatic heterocycles. The van der Waals surface area contributed by atoms with Gasteiger partial charge in [-0.15, -0.1) is 10.2 Å². The molecule has 116 valence electrons. The van der Waals surface area contributed by atoms with E-state index in [-0.39, 0.29) is 11.3 Å². The molecule has 1 heterocycles. The van der Waals surface area contributed by atoms with Crippen molar-refractivity contribution in [3.63, 3.8) is 0 Å². The van der Waals surface area contributed by atoms with Gasteiger partial charge >= 0.3 is 0 Å². The van der Waals surface area contributed by atoms with Crippen molar-refractivity contribution in [2.45, 2.75) is 25.2 Å². The predicted molar refractivity (Wildman–Crippen MR) is 84.0 cm³/mol. The van der Waals surface area contributed by atoms with E-state index in [0.29, 0.717) is 22.2 Å². The molecule has 1 aromatic carbocycles. The molecule has 0 radical (unpaired) electrons. The highest BCUT2D eigenvalue weighted by molar-refractivity contribution is 7.15. The number of hydrogen-bond acceptors (Lipinski definition) is 6. The number of carbonyl (C=O) groups excluding carboxylic acids is 1. The van der Waals surface area contributed by atoms with Gasteiger partial charge in [0, 0.05) is 5.41 Å². The van der Waals surface area contributed by atoms with Crippen molar-refractivity contribution in [3.8, 4) is 11.5 Å². The molecular weight excluding hydrogens is 302 g/mol. The maximum Gasteiger partial charge on any atom is 0.265 e. The lowest BCUT2D eigenvalue weighted by Crippen LogP contribution is -2.14. The third kappa shape index (κ3) is 2.64. The summed E-state index contributed by atoms with van der Waals surface area (Å²) in [5, 5.41) is 12.5. The van der Waals surface area contributed by atoms with Crippen molar-refractivity contribution in [2.24, 2.45) is 0 Å². The Morgan fingerprint density at radius 2 is 1.86 bits per heavy atom. The molecule has 1 fully saturated rings. The summed E-state index contributed by atoms with van der Waals surface area (Å²) < 4.78 is 10.5. The van der Waals surface area contributed by atoms with Gasteiger partial charge in [-0.1, -0.05) is 24.3 Å². The minimum Gasteiger partial charge on any atom is -0.496 e. The number of carbonyl (C=O) groups is 1. The number of methoxy groups -OCH3 is 2. The number of anilines is 1. The number of nitrogens with zero attached hydrogens (tertiary/aromatic N) is 2. The van der Waals surface area contributed by atoms with Crippen LogP contribution in [0.15, 0.2) is 18.2 Å². The van der Waals surface area contributed by atoms with Crippen molar-refractivity contribution in [3.05, 3.63) is 28.8 Å². The third-order valence-corrected chi connectivity index (χ3v) is 4.96. The standard InChI is InChI=1S/C15H17N3O3S/c1-15(7-8-15)13-17-18-14(22-13)16-12(19)11-9(20-2)5-4-6-10(11)21-3/h4-6H,7-8H2,1-3H3,(H,16,18,19). The zero-order valence-corrected chi connectivity index (χ0v) is 13.5. The summed E-state index contributed by atoms with van der Waals surface area (Å²) >= 11 is 1.42. The molecule has 1 aromatic heterocycles. The highest BCUT2D eigenvalue weighted by Crippen LogP contribution is 2.49. The Kier molecular flexibility index (Phi) is 3.74. The smallest absolute Gasteiger partial charge is 0.265 e. The number of benzene rings is 1. The first kappa shape index (κ1) is 14.8. The topological polar surface area (TPSA) is 73.3 Å². The second-order valence-corrected chi connectivity index (χ2v) is 6.44. The Labute approximate surface area is 132 Å². The fourth-order valence-corrected chi connectivity index (χ4v) is 3.09. The molecule has 1 N–H and O–H groups in total. The summed E-state index contributed by atoms with van der Waals surface area (Å²) in [5.41, 5.74) is 0.491. The van der Waals surface area contributed by atoms with E-state index in [0.717, 1.165) is 17.8 Å². The molecule has 22 heavy (non-hydrogen) atoms. The summed E-state index contributed by atoms with van der Waals surface area (Å²) in [6.45, 7) is 2.16. The van der Waals surface area contributed by atoms with Gasteiger partial charge in [-0.05, 0) is 25.0 Å². The van der Waals surface area contributed by atoms with Gasteiger partial charge in [-0.25, -0.2) is 0 Å². The van der Waals surface area contributed by atoms with Crippen LogP contribution in [0.1, 0.15) is 35.1 Å². The Bertz CT molecular complexity index is 688. The lowest BCUT2D eigenvalue weighted by Gasteiger charge is -2.11. The van der Waals surface area contributed by atoms with Crippen LogP contribution in [0, 0.1) is 0 Å². The van der Waals surface area contributed by atoms with Crippen LogP contribution in [0.5, 0.6) is 11.5 Å². The summed E-state index contributed by atoms with van der Waals surface area (Å²) in [6.07, 6.45) is 2.24. The molecule has 0 atom stereocenters. The van der Waals surface area contributed by atoms with Crippen molar-refractivity contribution in [1.29, 1.82) is 0 Å². The first-order valence-corrected chi connectivity index (χ1v) is 7.75. The van der Waals surface area contributed by atoms with Crippen LogP contribution in [0.4, 0.5) is 5.13 Å². The van der Waals surface area contributed by atoms with E-state index in [1.54, 1.807) is 18.2 Å². The summed E-state index contributed by atoms with van der Waals surface area (Å²) in [4.78, 5) is 12.5. The molecule has 0 spiro atoms. The minimum absolute atomic E-state index is 0.142. The van der Waals surface area contributed by atoms with E-state index in [9.17, 15) is 4.79 Å². The van der Waals surface area contributed by atoms with Crippen LogP contribution in [0.3, 0.4) is 0 Å². The number of hydrogen-bond donors (Lipinski definition) is 1. The van der Waals surface area contributed by atoms with Gasteiger partial charge in [0.25, 0.3) is 5.91 Å². The summed E-state index contributed by atoms with van der Waals surface area (Å²) in [6, 6.07) is 5.20. The van der Waals surface area contributed by atoms with Crippen LogP contribution in [-0.2, 0) is 5.41 Å². The lowest BCUT2D eigenvalue weighted by atomic mass is 10.1. The zero-order valence-electron chi connectivity index (χ0n) is 12.7. The van der Waals surface area contributed by atoms with Gasteiger partial charge in [-0.3, -0.25) is 10.1 Å². The lowest BCUT2D eigenvalue weighted by molar-refractivity contribution is 0.102. The average molecular weight is 319 g/mol. The second kappa shape index (κ2) is 5.57. The summed E-state index contributed by atoms with van der Waals surface area (Å²) in [5.74, 6) is 0.587. The molecule has 0 unspecified atom stereocenters. The average Bonchev–Trinajstić information content (AvgIpc) is 3.10. The maximum atomic E-state index is 12.5. The molecule has 6 nitrogen and oxygen atoms in total. The molecule has 3 rings (SSSR count). The molecular formula is C15H17N3O3S. The largest absolute Gasteiger partial charge is 0.496 e. The number of aromatic nitrogens is 2. The van der Waals surface area contributed by atoms with Gasteiger partial charge in [0.05, 0.1) is 14.2 Å². The molecule has 0 bridgehead atoms. The Morgan fingerprint density at radius 1 is 1.23 bits per heavy atom. The fraction of sp³-hybridized carbons (Fsp3) is 0.400. The minimum atomic E-state index is -0.321. The molecule has 1 aliphatic carbocycles. The molecule has 0 saturated heterocycles. The maximum absolute atomic E-state index is 12.5. The monoisotopic (exact) mass is 319 g/mol. The van der Waals surface area contributed by atoms with Gasteiger partial charge in [0.2, 0.25) is 5.13 Å². The van der Waals surface area contributed by atoms with Crippen molar-refractivity contribution in [2.75, 3.05) is 19.5 Å². The van der Waals surface area contributed by atoms with Crippen LogP contribution in [-0.4, -0.2) is 30.3 Å². The third-order valence-electron chi connectivity index (χ3n) is 3.82. The van der Waals surface area contributed by atoms with E-state index in [2.05, 4.69) is 22.4 Å². The van der Waals surface area contributed by atoms with Crippen LogP contribution < -0.4 is 14.8 Å². The molecule has 2 aromatic rings. The Morgan fingerprint density at radius 3 is 2.41 bits per heavy atom. The zero-order chi connectivity index (χ0) is 15.7. The van der Waals surface area contributed by atoms with Crippen LogP contribution in [0.25, 0.3) is 0 Å². The van der Waals surface area contributed by atoms with E-state index in [1.165, 1.54) is 25.6 Å². The first-order valence-electron chi connectivity index (χ1n) is 6.94. The van der Waals surface area contributed by atoms with Gasteiger partial charge < -0.3 is 9.47 Å². The molecule has 1 aliphatic rings. The van der Waals surface area contributed by atoms with Crippen LogP contribution >= 0.6 is 11.3 Å². The summed E-state index contributed by atoms with van der Waals surface area (Å²) in [7, 11) is 3.03. The first-order chi connectivity index (χ1) is 10.6. The van der Waals surface area contributed by atoms with Gasteiger partial charge in [-0.2, -0.15) is 0 Å². The van der Waals surface area contributed by atoms with Crippen molar-refractivity contribution in [1.82, 2.24) is 10.2 Å². The predicted octanol–water partition coefficient (Wildman–Crippen LogP) is 2.86. The number of amides is 1. The van der Waals surface area contributed by atoms with E-state index < -0.39 is 0 Å². The second-order valence-electron chi connectivity index (χ2n) is 5.46. The molecule has 7 heteroatoms. The SMILES string of the molecule is COc1cccc(OC)c1C(=O)Nc1nnc(C2(C)CC2)s1. The number of ether oxygens (including phenoxy) is 2. The Balaban J connectivity index is 1.84. The Hall–Kier alpha value is -2.15. The quantitative estimate of drug-likeness (QED) is 0.917. The van der Waals surface area contributed by atoms with E-state index in [4.69, 9.17) is 9.47 Å². The van der Waals surface area contributed by atoms with Crippen LogP contribution in [0.2, 0.25) is 0 Å². The highest BCUT2D eigenvalue weighted by Gasteiger charge is 2.42. The molecule has 1 amide bonds. The molecule has 1 saturated carbocycles. The number of nitrogens with one attached hydrogen (secondary N) is 1. The van der Waals surface area contributed by atoms with Crippen molar-refractivity contribution < 1.29 is 14.3 Å². The number of rotatable bonds is 5. The van der Waals surface area contributed by atoms with Gasteiger partial charge in [0.1, 0.15) is 22.1 Å².